The summed E-state index contributed by atoms with van der Waals surface area (Å²) in [7, 11) is 1.65. The van der Waals surface area contributed by atoms with Crippen LogP contribution in [0, 0.1) is 12.8 Å². The lowest BCUT2D eigenvalue weighted by atomic mass is 9.89. The molecule has 4 aliphatic heterocycles. The lowest BCUT2D eigenvalue weighted by Gasteiger charge is -2.31. The molecule has 0 saturated carbocycles. The predicted molar refractivity (Wildman–Crippen MR) is 108 cm³/mol. The van der Waals surface area contributed by atoms with Crippen LogP contribution in [0.15, 0.2) is 18.2 Å². The van der Waals surface area contributed by atoms with Crippen LogP contribution in [0.1, 0.15) is 31.9 Å². The molecule has 0 aliphatic carbocycles. The number of likely N-dealkylation sites (N-methyl/N-ethyl adjacent to an activating group) is 1. The van der Waals surface area contributed by atoms with Crippen LogP contribution < -0.4 is 4.90 Å². The minimum absolute atomic E-state index is 0.344. The Kier molecular flexibility index (Phi) is 4.78. The molecule has 2 amide bonds. The van der Waals surface area contributed by atoms with Crippen LogP contribution in [-0.2, 0) is 35.1 Å². The molecule has 4 heterocycles. The molecule has 31 heavy (non-hydrogen) atoms. The number of anilines is 1. The number of fused-ring (bicyclic) bond motifs is 2. The standard InChI is InChI=1S/C22H28N2O7/c1-6-11-9-7-8-10(2)13(11)24-19(26)12-14(23(5)31-16(12)20(24)27)17-15(25)18-21(28-17)30-22(3,4)29-18/h7-9,12,14-18,21,25H,6H2,1-5H3/t12-,14-,15-,16+,17+,18+,21+/m0/s1. The number of aryl methyl sites for hydroxylation is 2. The average molecular weight is 432 g/mol. The number of hydroxylamine groups is 2. The number of hydrogen-bond donors (Lipinski definition) is 1. The molecule has 0 bridgehead atoms. The van der Waals surface area contributed by atoms with Crippen molar-refractivity contribution in [2.45, 2.75) is 76.7 Å². The van der Waals surface area contributed by atoms with E-state index in [1.807, 2.05) is 32.0 Å². The molecule has 9 nitrogen and oxygen atoms in total. The first-order valence-corrected chi connectivity index (χ1v) is 10.7. The quantitative estimate of drug-likeness (QED) is 0.704. The molecule has 1 aromatic carbocycles. The van der Waals surface area contributed by atoms with Gasteiger partial charge in [0.2, 0.25) is 5.91 Å². The van der Waals surface area contributed by atoms with Gasteiger partial charge in [-0.15, -0.1) is 0 Å². The number of nitrogens with zero attached hydrogens (tertiary/aromatic N) is 2. The molecule has 7 atom stereocenters. The molecule has 4 fully saturated rings. The summed E-state index contributed by atoms with van der Waals surface area (Å²) in [5, 5.41) is 12.4. The van der Waals surface area contributed by atoms with Crippen molar-refractivity contribution in [1.82, 2.24) is 5.06 Å². The number of aliphatic hydroxyl groups is 1. The first-order valence-electron chi connectivity index (χ1n) is 10.7. The van der Waals surface area contributed by atoms with E-state index in [0.29, 0.717) is 12.1 Å². The number of benzene rings is 1. The lowest BCUT2D eigenvalue weighted by molar-refractivity contribution is -0.232. The van der Waals surface area contributed by atoms with Gasteiger partial charge in [0.15, 0.2) is 18.2 Å². The zero-order valence-electron chi connectivity index (χ0n) is 18.3. The molecule has 1 aromatic rings. The molecule has 9 heteroatoms. The molecule has 1 N–H and O–H groups in total. The largest absolute Gasteiger partial charge is 0.387 e. The van der Waals surface area contributed by atoms with Crippen LogP contribution >= 0.6 is 0 Å². The van der Waals surface area contributed by atoms with Gasteiger partial charge in [-0.05, 0) is 38.3 Å². The van der Waals surface area contributed by atoms with E-state index in [9.17, 15) is 14.7 Å². The number of carbonyl (C=O) groups excluding carboxylic acids is 2. The second kappa shape index (κ2) is 7.06. The number of ether oxygens (including phenoxy) is 3. The van der Waals surface area contributed by atoms with Crippen LogP contribution in [-0.4, -0.2) is 71.6 Å². The number of hydrogen-bond acceptors (Lipinski definition) is 8. The van der Waals surface area contributed by atoms with Crippen molar-refractivity contribution in [3.05, 3.63) is 29.3 Å². The highest BCUT2D eigenvalue weighted by Gasteiger charge is 2.65. The van der Waals surface area contributed by atoms with E-state index in [1.54, 1.807) is 20.9 Å². The summed E-state index contributed by atoms with van der Waals surface area (Å²) < 4.78 is 17.5. The van der Waals surface area contributed by atoms with Gasteiger partial charge in [-0.25, -0.2) is 4.90 Å². The van der Waals surface area contributed by atoms with Crippen LogP contribution in [0.3, 0.4) is 0 Å². The Labute approximate surface area is 180 Å². The van der Waals surface area contributed by atoms with Crippen LogP contribution in [0.4, 0.5) is 5.69 Å². The third-order valence-electron chi connectivity index (χ3n) is 6.68. The number of aliphatic hydroxyl groups excluding tert-OH is 1. The van der Waals surface area contributed by atoms with E-state index >= 15 is 0 Å². The fourth-order valence-corrected chi connectivity index (χ4v) is 5.33. The number of imide groups is 1. The topological polar surface area (TPSA) is 97.8 Å². The van der Waals surface area contributed by atoms with Crippen LogP contribution in [0.2, 0.25) is 0 Å². The van der Waals surface area contributed by atoms with Crippen molar-refractivity contribution < 1.29 is 33.7 Å². The van der Waals surface area contributed by atoms with E-state index in [4.69, 9.17) is 19.0 Å². The van der Waals surface area contributed by atoms with Gasteiger partial charge in [0, 0.05) is 7.05 Å². The maximum absolute atomic E-state index is 13.6. The third-order valence-corrected chi connectivity index (χ3v) is 6.68. The molecule has 168 valence electrons. The average Bonchev–Trinajstić information content (AvgIpc) is 3.36. The summed E-state index contributed by atoms with van der Waals surface area (Å²) >= 11 is 0. The van der Waals surface area contributed by atoms with Gasteiger partial charge >= 0.3 is 0 Å². The first-order chi connectivity index (χ1) is 14.6. The molecular weight excluding hydrogens is 404 g/mol. The van der Waals surface area contributed by atoms with E-state index in [-0.39, 0.29) is 5.91 Å². The fourth-order valence-electron chi connectivity index (χ4n) is 5.33. The number of amides is 2. The van der Waals surface area contributed by atoms with Gasteiger partial charge in [-0.2, -0.15) is 5.06 Å². The van der Waals surface area contributed by atoms with Crippen molar-refractivity contribution in [1.29, 1.82) is 0 Å². The molecule has 5 rings (SSSR count). The molecule has 0 unspecified atom stereocenters. The summed E-state index contributed by atoms with van der Waals surface area (Å²) in [6, 6.07) is 5.06. The molecule has 0 aromatic heterocycles. The zero-order chi connectivity index (χ0) is 22.2. The normalized spacial score (nSPS) is 39.4. The van der Waals surface area contributed by atoms with Crippen molar-refractivity contribution in [2.24, 2.45) is 5.92 Å². The van der Waals surface area contributed by atoms with Crippen molar-refractivity contribution in [3.63, 3.8) is 0 Å². The molecule has 0 spiro atoms. The molecule has 0 radical (unpaired) electrons. The highest BCUT2D eigenvalue weighted by atomic mass is 16.8. The Bertz CT molecular complexity index is 934. The van der Waals surface area contributed by atoms with Gasteiger partial charge in [-0.1, -0.05) is 25.1 Å². The number of carbonyl (C=O) groups is 2. The zero-order valence-corrected chi connectivity index (χ0v) is 18.3. The van der Waals surface area contributed by atoms with E-state index in [2.05, 4.69) is 0 Å². The van der Waals surface area contributed by atoms with Gasteiger partial charge in [0.25, 0.3) is 5.91 Å². The molecular formula is C22H28N2O7. The highest BCUT2D eigenvalue weighted by Crippen LogP contribution is 2.45. The van der Waals surface area contributed by atoms with Crippen molar-refractivity contribution in [3.8, 4) is 0 Å². The maximum Gasteiger partial charge on any atom is 0.265 e. The Balaban J connectivity index is 1.46. The smallest absolute Gasteiger partial charge is 0.265 e. The maximum atomic E-state index is 13.6. The SMILES string of the molecule is CCc1cccc(C)c1N1C(=O)[C@H]2[C@@H]([C@H]3O[C@@H]4OC(C)(C)O[C@@H]4[C@H]3O)N(C)O[C@H]2C1=O. The molecule has 4 saturated heterocycles. The first kappa shape index (κ1) is 21.0. The highest BCUT2D eigenvalue weighted by molar-refractivity contribution is 6.24. The molecule has 4 aliphatic rings. The summed E-state index contributed by atoms with van der Waals surface area (Å²) in [4.78, 5) is 33.9. The Morgan fingerprint density at radius 2 is 1.87 bits per heavy atom. The van der Waals surface area contributed by atoms with Crippen molar-refractivity contribution >= 4 is 17.5 Å². The van der Waals surface area contributed by atoms with E-state index < -0.39 is 54.4 Å². The van der Waals surface area contributed by atoms with E-state index in [1.165, 1.54) is 9.96 Å². The summed E-state index contributed by atoms with van der Waals surface area (Å²) in [5.74, 6) is -2.40. The number of rotatable bonds is 3. The summed E-state index contributed by atoms with van der Waals surface area (Å²) in [6.07, 6.45) is -3.51. The minimum Gasteiger partial charge on any atom is -0.387 e. The Morgan fingerprint density at radius 1 is 1.13 bits per heavy atom. The fraction of sp³-hybridized carbons (Fsp3) is 0.636. The monoisotopic (exact) mass is 432 g/mol. The van der Waals surface area contributed by atoms with Crippen LogP contribution in [0.25, 0.3) is 0 Å². The third kappa shape index (κ3) is 2.99. The van der Waals surface area contributed by atoms with E-state index in [0.717, 1.165) is 11.1 Å². The van der Waals surface area contributed by atoms with Crippen LogP contribution in [0.5, 0.6) is 0 Å². The lowest BCUT2D eigenvalue weighted by Crippen LogP contribution is -2.50. The second-order valence-corrected chi connectivity index (χ2v) is 9.10. The summed E-state index contributed by atoms with van der Waals surface area (Å²) in [6.45, 7) is 7.37. The Morgan fingerprint density at radius 3 is 2.55 bits per heavy atom. The minimum atomic E-state index is -1.02. The van der Waals surface area contributed by atoms with Gasteiger partial charge in [-0.3, -0.25) is 14.4 Å². The van der Waals surface area contributed by atoms with Crippen molar-refractivity contribution in [2.75, 3.05) is 11.9 Å². The van der Waals surface area contributed by atoms with Gasteiger partial charge in [0.1, 0.15) is 18.3 Å². The summed E-state index contributed by atoms with van der Waals surface area (Å²) in [5.41, 5.74) is 2.39. The predicted octanol–water partition coefficient (Wildman–Crippen LogP) is 0.898. The van der Waals surface area contributed by atoms with Gasteiger partial charge < -0.3 is 19.3 Å². The second-order valence-electron chi connectivity index (χ2n) is 9.10. The number of para-hydroxylation sites is 1. The Hall–Kier alpha value is -1.88. The van der Waals surface area contributed by atoms with Gasteiger partial charge in [0.05, 0.1) is 17.6 Å².